The first-order valence-electron chi connectivity index (χ1n) is 3.10. The number of hydrogen-bond acceptors (Lipinski definition) is 2. The van der Waals surface area contributed by atoms with Gasteiger partial charge in [0.1, 0.15) is 0 Å². The van der Waals surface area contributed by atoms with Gasteiger partial charge in [0.25, 0.3) is 0 Å². The lowest BCUT2D eigenvalue weighted by atomic mass is 10.2. The van der Waals surface area contributed by atoms with Gasteiger partial charge in [0, 0.05) is 6.04 Å². The molecule has 0 aliphatic carbocycles. The molecule has 2 N–H and O–H groups in total. The molecule has 0 unspecified atom stereocenters. The van der Waals surface area contributed by atoms with Crippen LogP contribution in [0.1, 0.15) is 20.8 Å². The summed E-state index contributed by atoms with van der Waals surface area (Å²) in [7, 11) is 0. The van der Waals surface area contributed by atoms with Gasteiger partial charge in [0.15, 0.2) is 0 Å². The third kappa shape index (κ3) is 2.99. The second-order valence-corrected chi connectivity index (χ2v) is 2.09. The summed E-state index contributed by atoms with van der Waals surface area (Å²) >= 11 is 0. The van der Waals surface area contributed by atoms with Crippen molar-refractivity contribution in [1.29, 1.82) is 0 Å². The summed E-state index contributed by atoms with van der Waals surface area (Å²) in [6.45, 7) is 6.70. The van der Waals surface area contributed by atoms with Crippen LogP contribution in [0.5, 0.6) is 0 Å². The maximum atomic E-state index is 8.89. The van der Waals surface area contributed by atoms with E-state index in [0.29, 0.717) is 0 Å². The highest BCUT2D eigenvalue weighted by atomic mass is 16.3. The van der Waals surface area contributed by atoms with Crippen molar-refractivity contribution < 1.29 is 5.11 Å². The monoisotopic (exact) mass is 117 g/mol. The van der Waals surface area contributed by atoms with Crippen LogP contribution in [0.3, 0.4) is 0 Å². The van der Waals surface area contributed by atoms with Gasteiger partial charge in [-0.2, -0.15) is 0 Å². The van der Waals surface area contributed by atoms with E-state index in [-0.39, 0.29) is 12.1 Å². The summed E-state index contributed by atoms with van der Waals surface area (Å²) < 4.78 is 0. The summed E-state index contributed by atoms with van der Waals surface area (Å²) in [5.74, 6) is 0. The number of rotatable bonds is 3. The molecule has 2 nitrogen and oxygen atoms in total. The molecule has 0 aliphatic rings. The topological polar surface area (TPSA) is 32.3 Å². The summed E-state index contributed by atoms with van der Waals surface area (Å²) in [4.78, 5) is 0. The van der Waals surface area contributed by atoms with Crippen molar-refractivity contribution in [3.8, 4) is 0 Å². The number of likely N-dealkylation sites (N-methyl/N-ethyl adjacent to an activating group) is 1. The molecule has 0 saturated carbocycles. The van der Waals surface area contributed by atoms with Crippen LogP contribution in [-0.4, -0.2) is 23.8 Å². The highest BCUT2D eigenvalue weighted by molar-refractivity contribution is 4.63. The second kappa shape index (κ2) is 3.87. The Balaban J connectivity index is 3.17. The van der Waals surface area contributed by atoms with Crippen LogP contribution in [0.4, 0.5) is 0 Å². The molecule has 0 rings (SSSR count). The van der Waals surface area contributed by atoms with Crippen LogP contribution in [0, 0.1) is 0 Å². The van der Waals surface area contributed by atoms with Gasteiger partial charge in [-0.15, -0.1) is 0 Å². The van der Waals surface area contributed by atoms with Crippen molar-refractivity contribution in [2.75, 3.05) is 6.54 Å². The van der Waals surface area contributed by atoms with Gasteiger partial charge in [0.2, 0.25) is 0 Å². The summed E-state index contributed by atoms with van der Waals surface area (Å²) in [6, 6.07) is 0.222. The highest BCUT2D eigenvalue weighted by Crippen LogP contribution is 1.87. The number of hydrogen-bond donors (Lipinski definition) is 2. The lowest BCUT2D eigenvalue weighted by Gasteiger charge is -2.14. The van der Waals surface area contributed by atoms with Crippen LogP contribution in [0.15, 0.2) is 0 Å². The van der Waals surface area contributed by atoms with Gasteiger partial charge in [-0.3, -0.25) is 0 Å². The quantitative estimate of drug-likeness (QED) is 0.559. The van der Waals surface area contributed by atoms with Crippen molar-refractivity contribution in [1.82, 2.24) is 5.32 Å². The molecule has 0 amide bonds. The van der Waals surface area contributed by atoms with Crippen molar-refractivity contribution >= 4 is 0 Å². The fourth-order valence-electron chi connectivity index (χ4n) is 0.493. The Kier molecular flexibility index (Phi) is 3.83. The zero-order valence-electron chi connectivity index (χ0n) is 5.81. The van der Waals surface area contributed by atoms with E-state index in [1.54, 1.807) is 6.92 Å². The van der Waals surface area contributed by atoms with Crippen molar-refractivity contribution in [3.05, 3.63) is 0 Å². The molecular weight excluding hydrogens is 102 g/mol. The molecule has 0 radical (unpaired) electrons. The molecule has 0 aromatic rings. The fourth-order valence-corrected chi connectivity index (χ4v) is 0.493. The molecule has 2 heteroatoms. The minimum absolute atomic E-state index is 0.222. The average Bonchev–Trinajstić information content (AvgIpc) is 1.67. The standard InChI is InChI=1S/C6H15NO/c1-4-7-5(2)6(3)8/h5-8H,4H2,1-3H3/t5-,6-/m0/s1. The number of aliphatic hydroxyl groups is 1. The van der Waals surface area contributed by atoms with Gasteiger partial charge < -0.3 is 10.4 Å². The Bertz CT molecular complexity index is 54.5. The molecule has 0 heterocycles. The molecule has 0 saturated heterocycles. The van der Waals surface area contributed by atoms with Gasteiger partial charge in [0.05, 0.1) is 6.10 Å². The van der Waals surface area contributed by atoms with E-state index in [1.165, 1.54) is 0 Å². The van der Waals surface area contributed by atoms with Gasteiger partial charge >= 0.3 is 0 Å². The Hall–Kier alpha value is -0.0800. The van der Waals surface area contributed by atoms with Crippen LogP contribution >= 0.6 is 0 Å². The first-order valence-corrected chi connectivity index (χ1v) is 3.10. The first kappa shape index (κ1) is 7.92. The maximum absolute atomic E-state index is 8.89. The van der Waals surface area contributed by atoms with E-state index < -0.39 is 0 Å². The van der Waals surface area contributed by atoms with Crippen molar-refractivity contribution in [3.63, 3.8) is 0 Å². The molecule has 0 aromatic carbocycles. The van der Waals surface area contributed by atoms with E-state index in [2.05, 4.69) is 5.32 Å². The Morgan fingerprint density at radius 1 is 1.50 bits per heavy atom. The zero-order chi connectivity index (χ0) is 6.57. The van der Waals surface area contributed by atoms with Crippen molar-refractivity contribution in [2.24, 2.45) is 0 Å². The largest absolute Gasteiger partial charge is 0.392 e. The Morgan fingerprint density at radius 3 is 2.12 bits per heavy atom. The van der Waals surface area contributed by atoms with E-state index in [9.17, 15) is 0 Å². The average molecular weight is 117 g/mol. The molecular formula is C6H15NO. The van der Waals surface area contributed by atoms with Crippen LogP contribution < -0.4 is 5.32 Å². The van der Waals surface area contributed by atoms with E-state index in [1.807, 2.05) is 13.8 Å². The predicted molar refractivity (Wildman–Crippen MR) is 34.8 cm³/mol. The molecule has 0 aliphatic heterocycles. The molecule has 0 bridgehead atoms. The minimum atomic E-state index is -0.241. The lowest BCUT2D eigenvalue weighted by Crippen LogP contribution is -2.35. The maximum Gasteiger partial charge on any atom is 0.0662 e. The molecule has 50 valence electrons. The highest BCUT2D eigenvalue weighted by Gasteiger charge is 2.04. The summed E-state index contributed by atoms with van der Waals surface area (Å²) in [6.07, 6.45) is -0.241. The SMILES string of the molecule is CCN[C@@H](C)[C@H](C)O. The van der Waals surface area contributed by atoms with E-state index in [4.69, 9.17) is 5.11 Å². The van der Waals surface area contributed by atoms with E-state index in [0.717, 1.165) is 6.54 Å². The summed E-state index contributed by atoms with van der Waals surface area (Å²) in [5, 5.41) is 12.0. The number of nitrogens with one attached hydrogen (secondary N) is 1. The molecule has 0 spiro atoms. The fraction of sp³-hybridized carbons (Fsp3) is 1.00. The first-order chi connectivity index (χ1) is 3.68. The van der Waals surface area contributed by atoms with E-state index >= 15 is 0 Å². The third-order valence-corrected chi connectivity index (χ3v) is 1.25. The second-order valence-electron chi connectivity index (χ2n) is 2.09. The number of aliphatic hydroxyl groups excluding tert-OH is 1. The summed E-state index contributed by atoms with van der Waals surface area (Å²) in [5.41, 5.74) is 0. The van der Waals surface area contributed by atoms with Gasteiger partial charge in [-0.05, 0) is 20.4 Å². The Morgan fingerprint density at radius 2 is 2.00 bits per heavy atom. The Labute approximate surface area is 50.9 Å². The normalized spacial score (nSPS) is 18.0. The van der Waals surface area contributed by atoms with Crippen LogP contribution in [0.2, 0.25) is 0 Å². The molecule has 8 heavy (non-hydrogen) atoms. The lowest BCUT2D eigenvalue weighted by molar-refractivity contribution is 0.154. The molecule has 0 fully saturated rings. The smallest absolute Gasteiger partial charge is 0.0662 e. The third-order valence-electron chi connectivity index (χ3n) is 1.25. The van der Waals surface area contributed by atoms with Crippen LogP contribution in [0.25, 0.3) is 0 Å². The predicted octanol–water partition coefficient (Wildman–Crippen LogP) is 0.365. The van der Waals surface area contributed by atoms with Crippen LogP contribution in [-0.2, 0) is 0 Å². The molecule has 0 aromatic heterocycles. The zero-order valence-corrected chi connectivity index (χ0v) is 5.81. The minimum Gasteiger partial charge on any atom is -0.392 e. The van der Waals surface area contributed by atoms with Gasteiger partial charge in [-0.25, -0.2) is 0 Å². The van der Waals surface area contributed by atoms with Crippen molar-refractivity contribution in [2.45, 2.75) is 32.9 Å². The van der Waals surface area contributed by atoms with Gasteiger partial charge in [-0.1, -0.05) is 6.92 Å². The molecule has 2 atom stereocenters.